The fourth-order valence-electron chi connectivity index (χ4n) is 1.91. The number of likely N-dealkylation sites (N-methyl/N-ethyl adjacent to an activating group) is 1. The van der Waals surface area contributed by atoms with Crippen LogP contribution >= 0.6 is 24.0 Å². The van der Waals surface area contributed by atoms with Gasteiger partial charge < -0.3 is 20.3 Å². The molecule has 0 aliphatic heterocycles. The van der Waals surface area contributed by atoms with Crippen molar-refractivity contribution in [3.05, 3.63) is 12.2 Å². The van der Waals surface area contributed by atoms with Crippen molar-refractivity contribution in [1.29, 1.82) is 0 Å². The van der Waals surface area contributed by atoms with Gasteiger partial charge >= 0.3 is 0 Å². The van der Waals surface area contributed by atoms with Crippen molar-refractivity contribution < 1.29 is 4.74 Å². The molecule has 0 amide bonds. The molecule has 134 valence electrons. The third kappa shape index (κ3) is 9.72. The molecule has 0 aliphatic carbocycles. The molecule has 0 fully saturated rings. The molecule has 0 bridgehead atoms. The fraction of sp³-hybridized carbons (Fsp3) is 0.786. The molecule has 0 saturated carbocycles. The highest BCUT2D eigenvalue weighted by Gasteiger charge is 2.02. The average Bonchev–Trinajstić information content (AvgIpc) is 2.90. The molecule has 1 rings (SSSR count). The number of nitrogens with zero attached hydrogens (tertiary/aromatic N) is 5. The Morgan fingerprint density at radius 2 is 2.17 bits per heavy atom. The highest BCUT2D eigenvalue weighted by atomic mass is 127. The Hall–Kier alpha value is -0.940. The van der Waals surface area contributed by atoms with Crippen molar-refractivity contribution in [3.63, 3.8) is 0 Å². The van der Waals surface area contributed by atoms with Crippen molar-refractivity contribution in [2.75, 3.05) is 46.9 Å². The number of ether oxygens (including phenoxy) is 1. The second-order valence-electron chi connectivity index (χ2n) is 5.07. The van der Waals surface area contributed by atoms with Crippen LogP contribution < -0.4 is 10.6 Å². The molecule has 0 aliphatic rings. The number of rotatable bonds is 10. The zero-order chi connectivity index (χ0) is 16.2. The summed E-state index contributed by atoms with van der Waals surface area (Å²) < 4.78 is 6.79. The second-order valence-corrected chi connectivity index (χ2v) is 5.07. The van der Waals surface area contributed by atoms with Gasteiger partial charge in [0.15, 0.2) is 5.96 Å². The molecule has 0 spiro atoms. The van der Waals surface area contributed by atoms with Gasteiger partial charge in [0.25, 0.3) is 0 Å². The summed E-state index contributed by atoms with van der Waals surface area (Å²) in [7, 11) is 5.71. The third-order valence-electron chi connectivity index (χ3n) is 3.20. The predicted molar refractivity (Wildman–Crippen MR) is 103 cm³/mol. The lowest BCUT2D eigenvalue weighted by molar-refractivity contribution is 0.180. The highest BCUT2D eigenvalue weighted by molar-refractivity contribution is 14.0. The Balaban J connectivity index is 0.00000484. The normalized spacial score (nSPS) is 11.4. The molecule has 1 aromatic heterocycles. The summed E-state index contributed by atoms with van der Waals surface area (Å²) in [6.45, 7) is 7.02. The first-order valence-corrected chi connectivity index (χ1v) is 7.70. The van der Waals surface area contributed by atoms with Crippen LogP contribution in [0.15, 0.2) is 11.3 Å². The van der Waals surface area contributed by atoms with Crippen LogP contribution in [0.5, 0.6) is 0 Å². The minimum Gasteiger partial charge on any atom is -0.385 e. The quantitative estimate of drug-likeness (QED) is 0.239. The van der Waals surface area contributed by atoms with E-state index in [0.29, 0.717) is 6.54 Å². The molecule has 8 nitrogen and oxygen atoms in total. The van der Waals surface area contributed by atoms with Crippen LogP contribution in [0, 0.1) is 0 Å². The maximum atomic E-state index is 5.06. The molecule has 0 radical (unpaired) electrons. The number of halogens is 1. The summed E-state index contributed by atoms with van der Waals surface area (Å²) in [5.74, 6) is 1.64. The van der Waals surface area contributed by atoms with Gasteiger partial charge in [0.05, 0.1) is 0 Å². The lowest BCUT2D eigenvalue weighted by Crippen LogP contribution is -2.41. The molecular weight excluding hydrogens is 409 g/mol. The number of aromatic nitrogens is 3. The first-order chi connectivity index (χ1) is 10.7. The van der Waals surface area contributed by atoms with Gasteiger partial charge in [-0.05, 0) is 20.4 Å². The van der Waals surface area contributed by atoms with Gasteiger partial charge in [-0.15, -0.1) is 24.0 Å². The van der Waals surface area contributed by atoms with Crippen LogP contribution in [0.3, 0.4) is 0 Å². The molecule has 0 unspecified atom stereocenters. The van der Waals surface area contributed by atoms with E-state index in [9.17, 15) is 0 Å². The molecule has 0 aromatic carbocycles. The van der Waals surface area contributed by atoms with Gasteiger partial charge in [0.1, 0.15) is 18.7 Å². The van der Waals surface area contributed by atoms with Gasteiger partial charge in [-0.25, -0.2) is 9.98 Å². The lowest BCUT2D eigenvalue weighted by Gasteiger charge is -2.18. The summed E-state index contributed by atoms with van der Waals surface area (Å²) in [6, 6.07) is 0. The molecule has 1 heterocycles. The van der Waals surface area contributed by atoms with Crippen LogP contribution in [-0.4, -0.2) is 72.6 Å². The van der Waals surface area contributed by atoms with E-state index in [1.807, 2.05) is 7.05 Å². The fourth-order valence-corrected chi connectivity index (χ4v) is 1.91. The molecule has 9 heteroatoms. The van der Waals surface area contributed by atoms with Gasteiger partial charge in [-0.1, -0.05) is 0 Å². The average molecular weight is 439 g/mol. The first-order valence-electron chi connectivity index (χ1n) is 7.70. The van der Waals surface area contributed by atoms with Crippen LogP contribution in [0.1, 0.15) is 19.2 Å². The number of nitrogens with one attached hydrogen (secondary N) is 2. The van der Waals surface area contributed by atoms with E-state index in [-0.39, 0.29) is 24.0 Å². The van der Waals surface area contributed by atoms with Crippen molar-refractivity contribution >= 4 is 29.9 Å². The van der Waals surface area contributed by atoms with Crippen LogP contribution in [0.25, 0.3) is 0 Å². The molecule has 1 aromatic rings. The van der Waals surface area contributed by atoms with Gasteiger partial charge in [-0.3, -0.25) is 4.68 Å². The molecule has 0 atom stereocenters. The number of hydrogen-bond donors (Lipinski definition) is 2. The molecule has 0 saturated heterocycles. The van der Waals surface area contributed by atoms with Gasteiger partial charge in [0, 0.05) is 46.9 Å². The van der Waals surface area contributed by atoms with E-state index in [0.717, 1.165) is 51.0 Å². The van der Waals surface area contributed by atoms with E-state index in [2.05, 4.69) is 44.6 Å². The van der Waals surface area contributed by atoms with E-state index in [1.54, 1.807) is 18.1 Å². The number of aliphatic imine (C=N–C) groups is 1. The third-order valence-corrected chi connectivity index (χ3v) is 3.20. The zero-order valence-electron chi connectivity index (χ0n) is 14.6. The van der Waals surface area contributed by atoms with Crippen molar-refractivity contribution in [1.82, 2.24) is 30.3 Å². The van der Waals surface area contributed by atoms with Gasteiger partial charge in [0.2, 0.25) is 0 Å². The largest absolute Gasteiger partial charge is 0.385 e. The predicted octanol–water partition coefficient (Wildman–Crippen LogP) is 0.457. The van der Waals surface area contributed by atoms with E-state index in [4.69, 9.17) is 4.74 Å². The standard InChI is InChI=1S/C14H29N7O.HI/c1-5-15-14(17-11-13-18-12-19-21(13)3)16-7-9-20(2)8-6-10-22-4;/h12H,5-11H2,1-4H3,(H2,15,16,17);1H. The smallest absolute Gasteiger partial charge is 0.191 e. The molecule has 2 N–H and O–H groups in total. The Kier molecular flexibility index (Phi) is 12.9. The summed E-state index contributed by atoms with van der Waals surface area (Å²) >= 11 is 0. The van der Waals surface area contributed by atoms with Crippen LogP contribution in [-0.2, 0) is 18.3 Å². The maximum absolute atomic E-state index is 5.06. The lowest BCUT2D eigenvalue weighted by atomic mass is 10.4. The maximum Gasteiger partial charge on any atom is 0.191 e. The summed E-state index contributed by atoms with van der Waals surface area (Å²) in [5, 5.41) is 10.6. The number of hydrogen-bond acceptors (Lipinski definition) is 5. The van der Waals surface area contributed by atoms with Crippen LogP contribution in [0.4, 0.5) is 0 Å². The van der Waals surface area contributed by atoms with Crippen molar-refractivity contribution in [3.8, 4) is 0 Å². The number of methoxy groups -OCH3 is 1. The monoisotopic (exact) mass is 439 g/mol. The Morgan fingerprint density at radius 1 is 1.39 bits per heavy atom. The van der Waals surface area contributed by atoms with Crippen LogP contribution in [0.2, 0.25) is 0 Å². The Bertz CT molecular complexity index is 439. The Labute approximate surface area is 156 Å². The van der Waals surface area contributed by atoms with E-state index in [1.165, 1.54) is 0 Å². The minimum atomic E-state index is 0. The Morgan fingerprint density at radius 3 is 2.78 bits per heavy atom. The highest BCUT2D eigenvalue weighted by Crippen LogP contribution is 1.93. The number of aryl methyl sites for hydroxylation is 1. The first kappa shape index (κ1) is 22.1. The summed E-state index contributed by atoms with van der Waals surface area (Å²) in [5.41, 5.74) is 0. The summed E-state index contributed by atoms with van der Waals surface area (Å²) in [6.07, 6.45) is 2.59. The number of guanidine groups is 1. The van der Waals surface area contributed by atoms with E-state index >= 15 is 0 Å². The molecular formula is C14H30IN7O. The zero-order valence-corrected chi connectivity index (χ0v) is 16.9. The second kappa shape index (κ2) is 13.5. The summed E-state index contributed by atoms with van der Waals surface area (Å²) in [4.78, 5) is 11.0. The van der Waals surface area contributed by atoms with Crippen molar-refractivity contribution in [2.45, 2.75) is 19.9 Å². The SMILES string of the molecule is CCNC(=NCc1ncnn1C)NCCN(C)CCCOC.I. The minimum absolute atomic E-state index is 0. The molecule has 23 heavy (non-hydrogen) atoms. The topological polar surface area (TPSA) is 79.6 Å². The van der Waals surface area contributed by atoms with Gasteiger partial charge in [-0.2, -0.15) is 5.10 Å². The van der Waals surface area contributed by atoms with E-state index < -0.39 is 0 Å². The van der Waals surface area contributed by atoms with Crippen molar-refractivity contribution in [2.24, 2.45) is 12.0 Å².